The van der Waals surface area contributed by atoms with Crippen LogP contribution in [0, 0.1) is 0 Å². The number of nitrogens with one attached hydrogen (secondary N) is 1. The predicted octanol–water partition coefficient (Wildman–Crippen LogP) is 2.60. The van der Waals surface area contributed by atoms with Gasteiger partial charge in [-0.15, -0.1) is 0 Å². The number of carbonyl (C=O) groups excluding carboxylic acids is 1. The zero-order valence-electron chi connectivity index (χ0n) is 15.6. The highest BCUT2D eigenvalue weighted by Crippen LogP contribution is 2.24. The van der Waals surface area contributed by atoms with Crippen LogP contribution in [0.2, 0.25) is 5.02 Å². The van der Waals surface area contributed by atoms with Gasteiger partial charge in [0.2, 0.25) is 10.0 Å². The minimum Gasteiger partial charge on any atom is -0.351 e. The maximum atomic E-state index is 12.3. The third-order valence-corrected chi connectivity index (χ3v) is 5.44. The van der Waals surface area contributed by atoms with Crippen LogP contribution < -0.4 is 9.62 Å². The second-order valence-electron chi connectivity index (χ2n) is 6.47. The quantitative estimate of drug-likeness (QED) is 0.727. The van der Waals surface area contributed by atoms with Crippen molar-refractivity contribution in [2.75, 3.05) is 37.7 Å². The van der Waals surface area contributed by atoms with E-state index in [1.54, 1.807) is 42.5 Å². The molecule has 8 heteroatoms. The number of anilines is 1. The number of benzene rings is 2. The summed E-state index contributed by atoms with van der Waals surface area (Å²) in [5, 5.41) is 3.33. The van der Waals surface area contributed by atoms with Gasteiger partial charge in [-0.1, -0.05) is 29.8 Å². The molecular formula is C19H24ClN3O3S. The largest absolute Gasteiger partial charge is 0.351 e. The van der Waals surface area contributed by atoms with Gasteiger partial charge in [-0.3, -0.25) is 9.10 Å². The smallest absolute Gasteiger partial charge is 0.251 e. The molecule has 0 aliphatic rings. The first-order valence-electron chi connectivity index (χ1n) is 8.42. The molecule has 0 spiro atoms. The number of halogens is 1. The van der Waals surface area contributed by atoms with Crippen molar-refractivity contribution in [3.8, 4) is 0 Å². The fourth-order valence-corrected chi connectivity index (χ4v) is 3.53. The summed E-state index contributed by atoms with van der Waals surface area (Å²) in [5.41, 5.74) is 1.65. The molecule has 0 aliphatic heterocycles. The zero-order chi connectivity index (χ0) is 20.0. The number of nitrogens with zero attached hydrogens (tertiary/aromatic N) is 2. The number of likely N-dealkylation sites (N-methyl/N-ethyl adjacent to an activating group) is 1. The highest BCUT2D eigenvalue weighted by atomic mass is 35.5. The summed E-state index contributed by atoms with van der Waals surface area (Å²) in [7, 11) is 0.339. The van der Waals surface area contributed by atoms with E-state index in [2.05, 4.69) is 5.32 Å². The minimum atomic E-state index is -3.52. The van der Waals surface area contributed by atoms with Crippen molar-refractivity contribution in [2.24, 2.45) is 0 Å². The van der Waals surface area contributed by atoms with Crippen molar-refractivity contribution >= 4 is 33.2 Å². The average Bonchev–Trinajstić information content (AvgIpc) is 2.60. The topological polar surface area (TPSA) is 69.7 Å². The van der Waals surface area contributed by atoms with Gasteiger partial charge in [0.05, 0.1) is 18.5 Å². The molecule has 0 saturated carbocycles. The van der Waals surface area contributed by atoms with Gasteiger partial charge in [0.15, 0.2) is 0 Å². The van der Waals surface area contributed by atoms with E-state index in [4.69, 9.17) is 11.6 Å². The van der Waals surface area contributed by atoms with Crippen molar-refractivity contribution in [3.05, 3.63) is 64.7 Å². The highest BCUT2D eigenvalue weighted by Gasteiger charge is 2.19. The Kier molecular flexibility index (Phi) is 7.24. The fourth-order valence-electron chi connectivity index (χ4n) is 2.46. The molecule has 27 heavy (non-hydrogen) atoms. The summed E-state index contributed by atoms with van der Waals surface area (Å²) in [6, 6.07) is 13.6. The Morgan fingerprint density at radius 2 is 1.70 bits per heavy atom. The van der Waals surface area contributed by atoms with Crippen molar-refractivity contribution in [1.82, 2.24) is 10.2 Å². The van der Waals surface area contributed by atoms with E-state index < -0.39 is 10.0 Å². The van der Waals surface area contributed by atoms with Crippen LogP contribution in [0.25, 0.3) is 0 Å². The normalized spacial score (nSPS) is 11.4. The molecule has 0 aliphatic carbocycles. The number of carbonyl (C=O) groups is 1. The monoisotopic (exact) mass is 409 g/mol. The van der Waals surface area contributed by atoms with Crippen molar-refractivity contribution in [1.29, 1.82) is 0 Å². The summed E-state index contributed by atoms with van der Waals surface area (Å²) in [6.07, 6.45) is 1.14. The van der Waals surface area contributed by atoms with Crippen molar-refractivity contribution in [3.63, 3.8) is 0 Å². The molecule has 2 aromatic rings. The Bertz CT molecular complexity index is 883. The first-order valence-corrected chi connectivity index (χ1v) is 10.6. The van der Waals surface area contributed by atoms with E-state index in [9.17, 15) is 13.2 Å². The first kappa shape index (κ1) is 21.2. The summed E-state index contributed by atoms with van der Waals surface area (Å²) < 4.78 is 25.8. The van der Waals surface area contributed by atoms with E-state index >= 15 is 0 Å². The Balaban J connectivity index is 2.18. The Morgan fingerprint density at radius 3 is 2.26 bits per heavy atom. The molecule has 0 bridgehead atoms. The van der Waals surface area contributed by atoms with Gasteiger partial charge in [-0.05, 0) is 50.0 Å². The molecule has 0 aromatic heterocycles. The second kappa shape index (κ2) is 9.21. The van der Waals surface area contributed by atoms with Crippen LogP contribution in [-0.4, -0.2) is 52.7 Å². The van der Waals surface area contributed by atoms with Crippen LogP contribution in [0.1, 0.15) is 15.9 Å². The molecule has 0 saturated heterocycles. The Labute approximate surface area is 165 Å². The Morgan fingerprint density at radius 1 is 1.07 bits per heavy atom. The lowest BCUT2D eigenvalue weighted by atomic mass is 10.1. The van der Waals surface area contributed by atoms with Gasteiger partial charge < -0.3 is 10.2 Å². The molecule has 0 fully saturated rings. The Hall–Kier alpha value is -2.09. The summed E-state index contributed by atoms with van der Waals surface area (Å²) in [6.45, 7) is 1.39. The molecule has 0 radical (unpaired) electrons. The molecule has 0 unspecified atom stereocenters. The van der Waals surface area contributed by atoms with Gasteiger partial charge in [-0.25, -0.2) is 8.42 Å². The van der Waals surface area contributed by atoms with Gasteiger partial charge in [0.1, 0.15) is 0 Å². The van der Waals surface area contributed by atoms with Gasteiger partial charge >= 0.3 is 0 Å². The van der Waals surface area contributed by atoms with Crippen LogP contribution in [0.5, 0.6) is 0 Å². The summed E-state index contributed by atoms with van der Waals surface area (Å²) in [5.74, 6) is -0.194. The third kappa shape index (κ3) is 6.23. The van der Waals surface area contributed by atoms with Crippen LogP contribution in [-0.2, 0) is 16.6 Å². The van der Waals surface area contributed by atoms with Crippen LogP contribution in [0.4, 0.5) is 5.69 Å². The SMILES string of the molecule is CN(C)CCNC(=O)c1ccc(N(Cc2ccccc2Cl)S(C)(=O)=O)cc1. The van der Waals surface area contributed by atoms with Crippen LogP contribution in [0.15, 0.2) is 48.5 Å². The average molecular weight is 410 g/mol. The second-order valence-corrected chi connectivity index (χ2v) is 8.78. The van der Waals surface area contributed by atoms with Crippen LogP contribution in [0.3, 0.4) is 0 Å². The van der Waals surface area contributed by atoms with E-state index in [1.165, 1.54) is 4.31 Å². The molecule has 2 aromatic carbocycles. The minimum absolute atomic E-state index is 0.118. The van der Waals surface area contributed by atoms with Crippen LogP contribution >= 0.6 is 11.6 Å². The molecule has 146 valence electrons. The molecular weight excluding hydrogens is 386 g/mol. The van der Waals surface area contributed by atoms with E-state index in [0.717, 1.165) is 12.8 Å². The maximum absolute atomic E-state index is 12.3. The molecule has 6 nitrogen and oxygen atoms in total. The highest BCUT2D eigenvalue weighted by molar-refractivity contribution is 7.92. The summed E-state index contributed by atoms with van der Waals surface area (Å²) in [4.78, 5) is 14.1. The lowest BCUT2D eigenvalue weighted by Crippen LogP contribution is -2.31. The lowest BCUT2D eigenvalue weighted by Gasteiger charge is -2.23. The number of hydrogen-bond acceptors (Lipinski definition) is 4. The van der Waals surface area contributed by atoms with E-state index in [1.807, 2.05) is 25.1 Å². The first-order chi connectivity index (χ1) is 12.7. The third-order valence-electron chi connectivity index (χ3n) is 3.93. The number of rotatable bonds is 8. The van der Waals surface area contributed by atoms with Gasteiger partial charge in [0.25, 0.3) is 5.91 Å². The van der Waals surface area contributed by atoms with Gasteiger partial charge in [-0.2, -0.15) is 0 Å². The maximum Gasteiger partial charge on any atom is 0.251 e. The standard InChI is InChI=1S/C19H24ClN3O3S/c1-22(2)13-12-21-19(24)15-8-10-17(11-9-15)23(27(3,25)26)14-16-6-4-5-7-18(16)20/h4-11H,12-14H2,1-3H3,(H,21,24). The van der Waals surface area contributed by atoms with Gasteiger partial charge in [0, 0.05) is 23.7 Å². The van der Waals surface area contributed by atoms with E-state index in [-0.39, 0.29) is 12.5 Å². The predicted molar refractivity (Wildman–Crippen MR) is 110 cm³/mol. The molecule has 1 amide bonds. The lowest BCUT2D eigenvalue weighted by molar-refractivity contribution is 0.0951. The molecule has 0 heterocycles. The molecule has 1 N–H and O–H groups in total. The van der Waals surface area contributed by atoms with Crippen molar-refractivity contribution < 1.29 is 13.2 Å². The summed E-state index contributed by atoms with van der Waals surface area (Å²) >= 11 is 6.17. The zero-order valence-corrected chi connectivity index (χ0v) is 17.2. The number of sulfonamides is 1. The molecule has 0 atom stereocenters. The fraction of sp³-hybridized carbons (Fsp3) is 0.316. The number of amides is 1. The van der Waals surface area contributed by atoms with E-state index in [0.29, 0.717) is 28.4 Å². The number of hydrogen-bond donors (Lipinski definition) is 1. The van der Waals surface area contributed by atoms with Crippen molar-refractivity contribution in [2.45, 2.75) is 6.54 Å². The molecule has 2 rings (SSSR count).